The average Bonchev–Trinajstić information content (AvgIpc) is 3.20. The molecule has 30 heavy (non-hydrogen) atoms. The van der Waals surface area contributed by atoms with Gasteiger partial charge in [0.05, 0.1) is 16.9 Å². The van der Waals surface area contributed by atoms with Gasteiger partial charge in [-0.1, -0.05) is 24.3 Å². The van der Waals surface area contributed by atoms with Crippen molar-refractivity contribution in [1.82, 2.24) is 14.8 Å². The summed E-state index contributed by atoms with van der Waals surface area (Å²) in [6.07, 6.45) is -1.22. The molecule has 0 spiro atoms. The molecule has 0 aliphatic carbocycles. The van der Waals surface area contributed by atoms with Crippen molar-refractivity contribution in [3.8, 4) is 16.9 Å². The first-order valence-electron chi connectivity index (χ1n) is 8.96. The molecule has 0 atom stereocenters. The maximum absolute atomic E-state index is 12.9. The Bertz CT molecular complexity index is 1110. The van der Waals surface area contributed by atoms with Gasteiger partial charge < -0.3 is 5.32 Å². The summed E-state index contributed by atoms with van der Waals surface area (Å²) in [7, 11) is 0. The Hall–Kier alpha value is -3.94. The number of nitrogens with zero attached hydrogens (tertiary/aromatic N) is 3. The number of hydrogen-bond donors (Lipinski definition) is 1. The minimum absolute atomic E-state index is 0.0343. The monoisotopic (exact) mass is 408 g/mol. The fraction of sp³-hybridized carbons (Fsp3) is 0.0455. The van der Waals surface area contributed by atoms with Crippen molar-refractivity contribution in [2.24, 2.45) is 0 Å². The van der Waals surface area contributed by atoms with E-state index in [0.29, 0.717) is 5.69 Å². The van der Waals surface area contributed by atoms with Crippen LogP contribution in [0.4, 0.5) is 18.9 Å². The summed E-state index contributed by atoms with van der Waals surface area (Å²) in [6.45, 7) is 0. The lowest BCUT2D eigenvalue weighted by Gasteiger charge is -2.09. The predicted octanol–water partition coefficient (Wildman–Crippen LogP) is 5.21. The van der Waals surface area contributed by atoms with Crippen LogP contribution in [0.5, 0.6) is 0 Å². The smallest absolute Gasteiger partial charge is 0.321 e. The highest BCUT2D eigenvalue weighted by atomic mass is 19.4. The predicted molar refractivity (Wildman–Crippen MR) is 106 cm³/mol. The molecule has 0 fully saturated rings. The number of rotatable bonds is 4. The third kappa shape index (κ3) is 4.07. The van der Waals surface area contributed by atoms with Crippen LogP contribution in [0, 0.1) is 0 Å². The summed E-state index contributed by atoms with van der Waals surface area (Å²) in [5.41, 5.74) is 1.36. The van der Waals surface area contributed by atoms with Crippen LogP contribution in [0.15, 0.2) is 85.2 Å². The molecule has 0 radical (unpaired) electrons. The van der Waals surface area contributed by atoms with Crippen molar-refractivity contribution < 1.29 is 18.0 Å². The van der Waals surface area contributed by atoms with Crippen LogP contribution in [0.25, 0.3) is 16.9 Å². The van der Waals surface area contributed by atoms with Crippen molar-refractivity contribution in [1.29, 1.82) is 0 Å². The minimum Gasteiger partial charge on any atom is -0.321 e. The largest absolute Gasteiger partial charge is 0.416 e. The lowest BCUT2D eigenvalue weighted by Crippen LogP contribution is -2.14. The number of alkyl halides is 3. The Morgan fingerprint density at radius 3 is 2.43 bits per heavy atom. The summed E-state index contributed by atoms with van der Waals surface area (Å²) in [6, 6.07) is 18.8. The van der Waals surface area contributed by atoms with Crippen molar-refractivity contribution >= 4 is 11.6 Å². The molecule has 0 aliphatic rings. The number of benzene rings is 2. The first-order chi connectivity index (χ1) is 14.4. The Morgan fingerprint density at radius 1 is 0.933 bits per heavy atom. The molecule has 4 rings (SSSR count). The Balaban J connectivity index is 1.70. The molecule has 2 aromatic heterocycles. The molecule has 0 saturated carbocycles. The molecule has 1 amide bonds. The molecule has 8 heteroatoms. The maximum Gasteiger partial charge on any atom is 0.416 e. The third-order valence-corrected chi connectivity index (χ3v) is 4.35. The molecule has 0 unspecified atom stereocenters. The minimum atomic E-state index is -4.50. The Morgan fingerprint density at radius 2 is 1.73 bits per heavy atom. The van der Waals surface area contributed by atoms with Crippen LogP contribution in [-0.4, -0.2) is 20.7 Å². The number of carbonyl (C=O) groups is 1. The van der Waals surface area contributed by atoms with Gasteiger partial charge >= 0.3 is 6.18 Å². The maximum atomic E-state index is 12.9. The molecule has 0 bridgehead atoms. The fourth-order valence-electron chi connectivity index (χ4n) is 2.95. The van der Waals surface area contributed by atoms with Gasteiger partial charge in [-0.05, 0) is 48.5 Å². The van der Waals surface area contributed by atoms with E-state index in [9.17, 15) is 18.0 Å². The lowest BCUT2D eigenvalue weighted by molar-refractivity contribution is -0.137. The second kappa shape index (κ2) is 7.82. The molecule has 5 nitrogen and oxygen atoms in total. The number of halogens is 3. The third-order valence-electron chi connectivity index (χ3n) is 4.35. The van der Waals surface area contributed by atoms with Crippen LogP contribution >= 0.6 is 0 Å². The number of carbonyl (C=O) groups excluding carboxylic acids is 1. The summed E-state index contributed by atoms with van der Waals surface area (Å²) in [4.78, 5) is 16.8. The standard InChI is InChI=1S/C22H15F3N4O/c23-22(24,25)16-7-4-8-17(12-16)27-21(30)19-13-20(15-6-5-11-26-14-15)29(28-19)18-9-2-1-3-10-18/h1-14H,(H,27,30). The van der Waals surface area contributed by atoms with Gasteiger partial charge in [-0.15, -0.1) is 0 Å². The highest BCUT2D eigenvalue weighted by molar-refractivity contribution is 6.03. The van der Waals surface area contributed by atoms with Crippen molar-refractivity contribution in [2.45, 2.75) is 6.18 Å². The zero-order valence-electron chi connectivity index (χ0n) is 15.5. The van der Waals surface area contributed by atoms with Crippen LogP contribution in [-0.2, 0) is 6.18 Å². The van der Waals surface area contributed by atoms with E-state index < -0.39 is 17.6 Å². The van der Waals surface area contributed by atoms with E-state index in [1.54, 1.807) is 29.2 Å². The zero-order valence-corrected chi connectivity index (χ0v) is 15.5. The molecular formula is C22H15F3N4O. The van der Waals surface area contributed by atoms with E-state index in [1.165, 1.54) is 12.1 Å². The first-order valence-corrected chi connectivity index (χ1v) is 8.96. The molecule has 1 N–H and O–H groups in total. The van der Waals surface area contributed by atoms with Crippen LogP contribution < -0.4 is 5.32 Å². The number of anilines is 1. The Labute approximate surface area is 169 Å². The van der Waals surface area contributed by atoms with Crippen molar-refractivity contribution in [2.75, 3.05) is 5.32 Å². The second-order valence-electron chi connectivity index (χ2n) is 6.44. The highest BCUT2D eigenvalue weighted by Crippen LogP contribution is 2.31. The number of hydrogen-bond acceptors (Lipinski definition) is 3. The number of para-hydroxylation sites is 1. The summed E-state index contributed by atoms with van der Waals surface area (Å²) < 4.78 is 40.4. The van der Waals surface area contributed by atoms with Gasteiger partial charge in [-0.2, -0.15) is 18.3 Å². The van der Waals surface area contributed by atoms with Crippen LogP contribution in [0.2, 0.25) is 0 Å². The lowest BCUT2D eigenvalue weighted by atomic mass is 10.1. The van der Waals surface area contributed by atoms with Crippen molar-refractivity contribution in [3.63, 3.8) is 0 Å². The highest BCUT2D eigenvalue weighted by Gasteiger charge is 2.30. The molecule has 0 aliphatic heterocycles. The summed E-state index contributed by atoms with van der Waals surface area (Å²) >= 11 is 0. The van der Waals surface area contributed by atoms with Gasteiger partial charge in [0, 0.05) is 23.6 Å². The van der Waals surface area contributed by atoms with E-state index >= 15 is 0 Å². The Kier molecular flexibility index (Phi) is 5.05. The van der Waals surface area contributed by atoms with Gasteiger partial charge in [0.15, 0.2) is 5.69 Å². The number of aromatic nitrogens is 3. The average molecular weight is 408 g/mol. The van der Waals surface area contributed by atoms with Gasteiger partial charge in [-0.3, -0.25) is 9.78 Å². The first kappa shape index (κ1) is 19.4. The fourth-order valence-corrected chi connectivity index (χ4v) is 2.95. The molecule has 4 aromatic rings. The quantitative estimate of drug-likeness (QED) is 0.505. The zero-order chi connectivity index (χ0) is 21.1. The normalized spacial score (nSPS) is 11.3. The van der Waals surface area contributed by atoms with Crippen molar-refractivity contribution in [3.05, 3.63) is 96.4 Å². The second-order valence-corrected chi connectivity index (χ2v) is 6.44. The summed E-state index contributed by atoms with van der Waals surface area (Å²) in [5, 5.41) is 6.86. The molecule has 150 valence electrons. The van der Waals surface area contributed by atoms with Gasteiger partial charge in [0.25, 0.3) is 5.91 Å². The van der Waals surface area contributed by atoms with E-state index in [2.05, 4.69) is 15.4 Å². The van der Waals surface area contributed by atoms with E-state index in [-0.39, 0.29) is 11.4 Å². The molecule has 2 aromatic carbocycles. The van der Waals surface area contributed by atoms with Gasteiger partial charge in [0.1, 0.15) is 0 Å². The van der Waals surface area contributed by atoms with Gasteiger partial charge in [-0.25, -0.2) is 4.68 Å². The van der Waals surface area contributed by atoms with E-state index in [4.69, 9.17) is 0 Å². The van der Waals surface area contributed by atoms with Crippen LogP contribution in [0.1, 0.15) is 16.1 Å². The summed E-state index contributed by atoms with van der Waals surface area (Å²) in [5.74, 6) is -0.617. The van der Waals surface area contributed by atoms with E-state index in [1.807, 2.05) is 36.4 Å². The number of nitrogens with one attached hydrogen (secondary N) is 1. The number of amides is 1. The topological polar surface area (TPSA) is 59.8 Å². The van der Waals surface area contributed by atoms with Crippen LogP contribution in [0.3, 0.4) is 0 Å². The van der Waals surface area contributed by atoms with E-state index in [0.717, 1.165) is 23.4 Å². The molecular weight excluding hydrogens is 393 g/mol. The molecule has 2 heterocycles. The SMILES string of the molecule is O=C(Nc1cccc(C(F)(F)F)c1)c1cc(-c2cccnc2)n(-c2ccccc2)n1. The van der Waals surface area contributed by atoms with Gasteiger partial charge in [0.2, 0.25) is 0 Å². The molecule has 0 saturated heterocycles. The number of pyridine rings is 1.